The smallest absolute Gasteiger partial charge is 0.414 e. The second kappa shape index (κ2) is 13.0. The van der Waals surface area contributed by atoms with Crippen LogP contribution in [0, 0.1) is 5.92 Å². The molecular formula is C27H34N4O8S2. The first kappa shape index (κ1) is 30.5. The number of imide groups is 1. The number of hydrogen-bond acceptors (Lipinski definition) is 9. The Hall–Kier alpha value is -3.49. The van der Waals surface area contributed by atoms with Crippen LogP contribution in [0.25, 0.3) is 0 Å². The molecule has 0 spiro atoms. The molecule has 2 aliphatic rings. The maximum atomic E-state index is 13.2. The van der Waals surface area contributed by atoms with E-state index in [4.69, 9.17) is 9.47 Å². The van der Waals surface area contributed by atoms with Crippen LogP contribution in [0.5, 0.6) is 0 Å². The number of benzene rings is 1. The van der Waals surface area contributed by atoms with Crippen LogP contribution >= 0.6 is 11.3 Å². The zero-order valence-electron chi connectivity index (χ0n) is 23.2. The van der Waals surface area contributed by atoms with Crippen molar-refractivity contribution < 1.29 is 37.1 Å². The summed E-state index contributed by atoms with van der Waals surface area (Å²) in [6.07, 6.45) is 0.698. The highest BCUT2D eigenvalue weighted by atomic mass is 32.2. The number of piperidine rings is 1. The van der Waals surface area contributed by atoms with Gasteiger partial charge in [-0.05, 0) is 68.9 Å². The van der Waals surface area contributed by atoms with Crippen molar-refractivity contribution in [2.24, 2.45) is 5.92 Å². The summed E-state index contributed by atoms with van der Waals surface area (Å²) < 4.78 is 37.6. The van der Waals surface area contributed by atoms with Crippen molar-refractivity contribution >= 4 is 50.4 Å². The maximum absolute atomic E-state index is 13.2. The minimum atomic E-state index is -3.68. The van der Waals surface area contributed by atoms with Crippen LogP contribution in [0.15, 0.2) is 29.2 Å². The standard InChI is InChI=1S/C27H34N4O8S2/c1-4-38-26(34)29-24(33)22-20-12-14-30(27(35)39-5-2)16-21(20)40-25(22)28-23(32)18-8-10-19(11-9-18)41(36,37)31-13-6-7-17(3)15-31/h8-11,17H,4-7,12-16H2,1-3H3,(H,28,32)(H,29,33,34). The van der Waals surface area contributed by atoms with E-state index in [9.17, 15) is 27.6 Å². The number of nitrogens with one attached hydrogen (secondary N) is 2. The summed E-state index contributed by atoms with van der Waals surface area (Å²) in [5.41, 5.74) is 0.922. The molecule has 1 aromatic carbocycles. The van der Waals surface area contributed by atoms with Crippen LogP contribution in [-0.2, 0) is 32.5 Å². The molecule has 1 aromatic heterocycles. The van der Waals surface area contributed by atoms with Gasteiger partial charge in [0.1, 0.15) is 5.00 Å². The van der Waals surface area contributed by atoms with Crippen LogP contribution in [0.1, 0.15) is 64.8 Å². The van der Waals surface area contributed by atoms with E-state index >= 15 is 0 Å². The third-order valence-electron chi connectivity index (χ3n) is 6.90. The molecule has 1 fully saturated rings. The summed E-state index contributed by atoms with van der Waals surface area (Å²) in [6.45, 7) is 7.01. The van der Waals surface area contributed by atoms with Gasteiger partial charge in [0.05, 0.1) is 30.2 Å². The molecule has 1 atom stereocenters. The Morgan fingerprint density at radius 2 is 1.73 bits per heavy atom. The Kier molecular flexibility index (Phi) is 9.66. The number of carbonyl (C=O) groups excluding carboxylic acids is 4. The highest BCUT2D eigenvalue weighted by Gasteiger charge is 2.32. The molecule has 2 aliphatic heterocycles. The minimum Gasteiger partial charge on any atom is -0.450 e. The highest BCUT2D eigenvalue weighted by Crippen LogP contribution is 2.38. The van der Waals surface area contributed by atoms with Crippen LogP contribution in [-0.4, -0.2) is 74.5 Å². The van der Waals surface area contributed by atoms with Crippen molar-refractivity contribution in [2.75, 3.05) is 38.2 Å². The number of hydrogen-bond donors (Lipinski definition) is 2. The monoisotopic (exact) mass is 606 g/mol. The first-order valence-corrected chi connectivity index (χ1v) is 15.8. The van der Waals surface area contributed by atoms with Gasteiger partial charge in [-0.15, -0.1) is 11.3 Å². The van der Waals surface area contributed by atoms with E-state index in [1.165, 1.54) is 33.5 Å². The summed E-state index contributed by atoms with van der Waals surface area (Å²) in [7, 11) is -3.68. The first-order valence-electron chi connectivity index (χ1n) is 13.5. The molecule has 0 bridgehead atoms. The SMILES string of the molecule is CCOC(=O)NC(=O)c1c(NC(=O)c2ccc(S(=O)(=O)N3CCCC(C)C3)cc2)sc2c1CCN(C(=O)OCC)C2. The second-order valence-electron chi connectivity index (χ2n) is 9.84. The average molecular weight is 607 g/mol. The Labute approximate surface area is 243 Å². The predicted octanol–water partition coefficient (Wildman–Crippen LogP) is 3.82. The molecule has 14 heteroatoms. The zero-order chi connectivity index (χ0) is 29.7. The molecule has 1 unspecified atom stereocenters. The molecule has 12 nitrogen and oxygen atoms in total. The molecule has 4 amide bonds. The molecule has 222 valence electrons. The molecule has 2 N–H and O–H groups in total. The molecule has 2 aromatic rings. The summed E-state index contributed by atoms with van der Waals surface area (Å²) in [5.74, 6) is -1.02. The zero-order valence-corrected chi connectivity index (χ0v) is 24.9. The number of ether oxygens (including phenoxy) is 2. The van der Waals surface area contributed by atoms with Gasteiger partial charge in [0.2, 0.25) is 10.0 Å². The lowest BCUT2D eigenvalue weighted by Crippen LogP contribution is -2.39. The van der Waals surface area contributed by atoms with E-state index in [0.717, 1.165) is 24.2 Å². The number of fused-ring (bicyclic) bond motifs is 1. The van der Waals surface area contributed by atoms with E-state index in [1.54, 1.807) is 13.8 Å². The number of thiophene rings is 1. The van der Waals surface area contributed by atoms with E-state index in [0.29, 0.717) is 36.5 Å². The lowest BCUT2D eigenvalue weighted by molar-refractivity contribution is 0.0924. The van der Waals surface area contributed by atoms with E-state index in [2.05, 4.69) is 10.6 Å². The second-order valence-corrected chi connectivity index (χ2v) is 12.9. The highest BCUT2D eigenvalue weighted by molar-refractivity contribution is 7.89. The van der Waals surface area contributed by atoms with Crippen LogP contribution in [0.3, 0.4) is 0 Å². The quantitative estimate of drug-likeness (QED) is 0.483. The van der Waals surface area contributed by atoms with Gasteiger partial charge < -0.3 is 19.7 Å². The number of nitrogens with zero attached hydrogens (tertiary/aromatic N) is 2. The molecular weight excluding hydrogens is 572 g/mol. The van der Waals surface area contributed by atoms with Gasteiger partial charge in [-0.1, -0.05) is 6.92 Å². The fourth-order valence-electron chi connectivity index (χ4n) is 4.89. The molecule has 4 rings (SSSR count). The lowest BCUT2D eigenvalue weighted by atomic mass is 10.0. The maximum Gasteiger partial charge on any atom is 0.414 e. The minimum absolute atomic E-state index is 0.0709. The number of carbonyl (C=O) groups is 4. The van der Waals surface area contributed by atoms with Gasteiger partial charge in [-0.3, -0.25) is 14.9 Å². The van der Waals surface area contributed by atoms with Gasteiger partial charge in [-0.25, -0.2) is 18.0 Å². The Morgan fingerprint density at radius 1 is 1.02 bits per heavy atom. The third-order valence-corrected chi connectivity index (χ3v) is 9.91. The normalized spacial score (nSPS) is 17.3. The number of alkyl carbamates (subject to hydrolysis) is 1. The molecule has 41 heavy (non-hydrogen) atoms. The summed E-state index contributed by atoms with van der Waals surface area (Å²) in [5, 5.41) is 5.12. The van der Waals surface area contributed by atoms with Crippen molar-refractivity contribution in [1.29, 1.82) is 0 Å². The van der Waals surface area contributed by atoms with Gasteiger partial charge in [0.25, 0.3) is 11.8 Å². The average Bonchev–Trinajstić information content (AvgIpc) is 3.30. The number of rotatable bonds is 7. The van der Waals surface area contributed by atoms with Crippen LogP contribution in [0.2, 0.25) is 0 Å². The largest absolute Gasteiger partial charge is 0.450 e. The summed E-state index contributed by atoms with van der Waals surface area (Å²) >= 11 is 1.12. The van der Waals surface area contributed by atoms with E-state index in [1.807, 2.05) is 6.92 Å². The van der Waals surface area contributed by atoms with Gasteiger partial charge >= 0.3 is 12.2 Å². The van der Waals surface area contributed by atoms with Crippen molar-refractivity contribution in [3.63, 3.8) is 0 Å². The van der Waals surface area contributed by atoms with E-state index < -0.39 is 34.0 Å². The van der Waals surface area contributed by atoms with Crippen LogP contribution < -0.4 is 10.6 Å². The first-order chi connectivity index (χ1) is 19.5. The Balaban J connectivity index is 1.57. The van der Waals surface area contributed by atoms with Gasteiger partial charge in [0, 0.05) is 30.1 Å². The van der Waals surface area contributed by atoms with E-state index in [-0.39, 0.29) is 46.7 Å². The summed E-state index contributed by atoms with van der Waals surface area (Å²) in [6, 6.07) is 5.64. The van der Waals surface area contributed by atoms with Crippen molar-refractivity contribution in [3.05, 3.63) is 45.8 Å². The van der Waals surface area contributed by atoms with Gasteiger partial charge in [-0.2, -0.15) is 4.31 Å². The third kappa shape index (κ3) is 6.88. The summed E-state index contributed by atoms with van der Waals surface area (Å²) in [4.78, 5) is 52.9. The van der Waals surface area contributed by atoms with Crippen LogP contribution in [0.4, 0.5) is 14.6 Å². The molecule has 0 aliphatic carbocycles. The molecule has 1 saturated heterocycles. The molecule has 0 radical (unpaired) electrons. The van der Waals surface area contributed by atoms with Gasteiger partial charge in [0.15, 0.2) is 0 Å². The molecule has 0 saturated carbocycles. The predicted molar refractivity (Wildman–Crippen MR) is 151 cm³/mol. The Morgan fingerprint density at radius 3 is 2.39 bits per heavy atom. The number of sulfonamides is 1. The van der Waals surface area contributed by atoms with Crippen molar-refractivity contribution in [2.45, 2.75) is 51.5 Å². The van der Waals surface area contributed by atoms with Crippen molar-refractivity contribution in [3.8, 4) is 0 Å². The molecule has 3 heterocycles. The number of anilines is 1. The topological polar surface area (TPSA) is 151 Å². The fraction of sp³-hybridized carbons (Fsp3) is 0.481. The Bertz CT molecular complexity index is 1420. The number of amides is 4. The fourth-order valence-corrected chi connectivity index (χ4v) is 7.75. The lowest BCUT2D eigenvalue weighted by Gasteiger charge is -2.30. The van der Waals surface area contributed by atoms with Crippen molar-refractivity contribution in [1.82, 2.24) is 14.5 Å².